The summed E-state index contributed by atoms with van der Waals surface area (Å²) in [4.78, 5) is 0. The van der Waals surface area contributed by atoms with Crippen molar-refractivity contribution in [1.82, 2.24) is 0 Å². The van der Waals surface area contributed by atoms with E-state index >= 15 is 0 Å². The lowest BCUT2D eigenvalue weighted by atomic mass is 10.1. The molecule has 2 aromatic carbocycles. The van der Waals surface area contributed by atoms with Crippen LogP contribution in [0.1, 0.15) is 24.2 Å². The molecule has 2 rings (SSSR count). The Hall–Kier alpha value is -1.88. The van der Waals surface area contributed by atoms with Gasteiger partial charge in [0.1, 0.15) is 11.9 Å². The van der Waals surface area contributed by atoms with Crippen LogP contribution in [-0.2, 0) is 0 Å². The Morgan fingerprint density at radius 1 is 1.25 bits per heavy atom. The van der Waals surface area contributed by atoms with Gasteiger partial charge in [0, 0.05) is 5.56 Å². The minimum absolute atomic E-state index is 0.123. The van der Waals surface area contributed by atoms with Crippen molar-refractivity contribution in [2.24, 2.45) is 5.73 Å². The number of ether oxygens (including phenoxy) is 1. The first-order valence-corrected chi connectivity index (χ1v) is 6.84. The van der Waals surface area contributed by atoms with Gasteiger partial charge < -0.3 is 10.5 Å². The SMILES string of the molecule is CC(Oc1ccc(C(=N)N)c(Br)c1F)c1ccccc1. The molecule has 2 aromatic rings. The van der Waals surface area contributed by atoms with Crippen molar-refractivity contribution in [2.45, 2.75) is 13.0 Å². The van der Waals surface area contributed by atoms with E-state index in [0.29, 0.717) is 5.56 Å². The Morgan fingerprint density at radius 3 is 2.50 bits per heavy atom. The summed E-state index contributed by atoms with van der Waals surface area (Å²) in [6.07, 6.45) is -0.277. The molecule has 0 spiro atoms. The molecule has 20 heavy (non-hydrogen) atoms. The van der Waals surface area contributed by atoms with E-state index in [9.17, 15) is 4.39 Å². The number of nitrogens with one attached hydrogen (secondary N) is 1. The second kappa shape index (κ2) is 6.05. The fourth-order valence-corrected chi connectivity index (χ4v) is 2.35. The van der Waals surface area contributed by atoms with Crippen LogP contribution < -0.4 is 10.5 Å². The first-order valence-electron chi connectivity index (χ1n) is 6.04. The van der Waals surface area contributed by atoms with Crippen LogP contribution in [-0.4, -0.2) is 5.84 Å². The number of nitrogens with two attached hydrogens (primary N) is 1. The highest BCUT2D eigenvalue weighted by Crippen LogP contribution is 2.31. The predicted octanol–water partition coefficient (Wildman–Crippen LogP) is 4.01. The lowest BCUT2D eigenvalue weighted by molar-refractivity contribution is 0.216. The van der Waals surface area contributed by atoms with Crippen molar-refractivity contribution >= 4 is 21.8 Å². The molecule has 0 amide bonds. The van der Waals surface area contributed by atoms with E-state index < -0.39 is 5.82 Å². The number of amidine groups is 1. The van der Waals surface area contributed by atoms with Gasteiger partial charge in [0.15, 0.2) is 11.6 Å². The number of halogens is 2. The standard InChI is InChI=1S/C15H14BrFN2O/c1-9(10-5-3-2-4-6-10)20-12-8-7-11(15(18)19)13(16)14(12)17/h2-9H,1H3,(H3,18,19). The molecule has 1 atom stereocenters. The van der Waals surface area contributed by atoms with E-state index in [1.807, 2.05) is 37.3 Å². The van der Waals surface area contributed by atoms with E-state index in [-0.39, 0.29) is 22.2 Å². The fourth-order valence-electron chi connectivity index (χ4n) is 1.81. The van der Waals surface area contributed by atoms with Gasteiger partial charge in [-0.1, -0.05) is 30.3 Å². The molecular weight excluding hydrogens is 323 g/mol. The average Bonchev–Trinajstić information content (AvgIpc) is 2.44. The van der Waals surface area contributed by atoms with Crippen LogP contribution in [0.5, 0.6) is 5.75 Å². The molecule has 0 aliphatic rings. The molecule has 3 nitrogen and oxygen atoms in total. The van der Waals surface area contributed by atoms with Crippen LogP contribution in [0.4, 0.5) is 4.39 Å². The van der Waals surface area contributed by atoms with Crippen LogP contribution in [0.3, 0.4) is 0 Å². The molecule has 0 saturated heterocycles. The van der Waals surface area contributed by atoms with Gasteiger partial charge in [-0.25, -0.2) is 4.39 Å². The highest BCUT2D eigenvalue weighted by atomic mass is 79.9. The van der Waals surface area contributed by atoms with Gasteiger partial charge in [0.25, 0.3) is 0 Å². The second-order valence-corrected chi connectivity index (χ2v) is 5.12. The van der Waals surface area contributed by atoms with Crippen molar-refractivity contribution in [2.75, 3.05) is 0 Å². The molecule has 0 saturated carbocycles. The summed E-state index contributed by atoms with van der Waals surface area (Å²) in [6, 6.07) is 12.6. The highest BCUT2D eigenvalue weighted by Gasteiger charge is 2.16. The van der Waals surface area contributed by atoms with E-state index in [0.717, 1.165) is 5.56 Å². The number of rotatable bonds is 4. The minimum Gasteiger partial charge on any atom is -0.483 e. The zero-order valence-electron chi connectivity index (χ0n) is 10.9. The van der Waals surface area contributed by atoms with Gasteiger partial charge >= 0.3 is 0 Å². The highest BCUT2D eigenvalue weighted by molar-refractivity contribution is 9.10. The van der Waals surface area contributed by atoms with Crippen molar-refractivity contribution < 1.29 is 9.13 Å². The van der Waals surface area contributed by atoms with Gasteiger partial charge in [-0.15, -0.1) is 0 Å². The zero-order chi connectivity index (χ0) is 14.7. The number of nitrogen functional groups attached to an aromatic ring is 1. The fraction of sp³-hybridized carbons (Fsp3) is 0.133. The van der Waals surface area contributed by atoms with Crippen LogP contribution >= 0.6 is 15.9 Å². The first kappa shape index (κ1) is 14.5. The summed E-state index contributed by atoms with van der Waals surface area (Å²) in [5.41, 5.74) is 6.64. The maximum Gasteiger partial charge on any atom is 0.179 e. The molecule has 0 bridgehead atoms. The monoisotopic (exact) mass is 336 g/mol. The Labute approximate surface area is 125 Å². The molecule has 5 heteroatoms. The molecule has 3 N–H and O–H groups in total. The topological polar surface area (TPSA) is 59.1 Å². The second-order valence-electron chi connectivity index (χ2n) is 4.32. The van der Waals surface area contributed by atoms with Crippen LogP contribution in [0.2, 0.25) is 0 Å². The van der Waals surface area contributed by atoms with E-state index in [2.05, 4.69) is 15.9 Å². The molecule has 1 unspecified atom stereocenters. The van der Waals surface area contributed by atoms with Gasteiger partial charge in [0.05, 0.1) is 4.47 Å². The third-order valence-electron chi connectivity index (χ3n) is 2.91. The summed E-state index contributed by atoms with van der Waals surface area (Å²) >= 11 is 3.10. The summed E-state index contributed by atoms with van der Waals surface area (Å²) < 4.78 is 19.9. The van der Waals surface area contributed by atoms with Crippen LogP contribution in [0.15, 0.2) is 46.9 Å². The number of benzene rings is 2. The van der Waals surface area contributed by atoms with Crippen LogP contribution in [0.25, 0.3) is 0 Å². The van der Waals surface area contributed by atoms with Gasteiger partial charge in [0.2, 0.25) is 0 Å². The molecular formula is C15H14BrFN2O. The number of hydrogen-bond donors (Lipinski definition) is 2. The van der Waals surface area contributed by atoms with Crippen molar-refractivity contribution in [3.63, 3.8) is 0 Å². The first-order chi connectivity index (χ1) is 9.50. The van der Waals surface area contributed by atoms with Crippen LogP contribution in [0, 0.1) is 11.2 Å². The zero-order valence-corrected chi connectivity index (χ0v) is 12.4. The van der Waals surface area contributed by atoms with E-state index in [4.69, 9.17) is 15.9 Å². The number of hydrogen-bond acceptors (Lipinski definition) is 2. The van der Waals surface area contributed by atoms with Crippen molar-refractivity contribution in [1.29, 1.82) is 5.41 Å². The largest absolute Gasteiger partial charge is 0.483 e. The summed E-state index contributed by atoms with van der Waals surface area (Å²) in [5.74, 6) is -0.628. The van der Waals surface area contributed by atoms with E-state index in [1.165, 1.54) is 6.07 Å². The van der Waals surface area contributed by atoms with Crippen molar-refractivity contribution in [3.05, 3.63) is 63.9 Å². The summed E-state index contributed by atoms with van der Waals surface area (Å²) in [7, 11) is 0. The average molecular weight is 337 g/mol. The molecule has 0 radical (unpaired) electrons. The Balaban J connectivity index is 2.27. The Bertz CT molecular complexity index is 631. The molecule has 0 aliphatic carbocycles. The third kappa shape index (κ3) is 2.99. The quantitative estimate of drug-likeness (QED) is 0.654. The summed E-state index contributed by atoms with van der Waals surface area (Å²) in [6.45, 7) is 1.85. The maximum absolute atomic E-state index is 14.2. The third-order valence-corrected chi connectivity index (χ3v) is 3.69. The smallest absolute Gasteiger partial charge is 0.179 e. The normalized spacial score (nSPS) is 11.9. The summed E-state index contributed by atoms with van der Waals surface area (Å²) in [5, 5.41) is 7.36. The van der Waals surface area contributed by atoms with Gasteiger partial charge in [-0.3, -0.25) is 5.41 Å². The molecule has 0 aromatic heterocycles. The lowest BCUT2D eigenvalue weighted by Crippen LogP contribution is -2.13. The van der Waals surface area contributed by atoms with Crippen molar-refractivity contribution in [3.8, 4) is 5.75 Å². The molecule has 0 aliphatic heterocycles. The lowest BCUT2D eigenvalue weighted by Gasteiger charge is -2.16. The molecule has 104 valence electrons. The van der Waals surface area contributed by atoms with Gasteiger partial charge in [-0.2, -0.15) is 0 Å². The Morgan fingerprint density at radius 2 is 1.90 bits per heavy atom. The van der Waals surface area contributed by atoms with Gasteiger partial charge in [-0.05, 0) is 40.5 Å². The molecule has 0 heterocycles. The predicted molar refractivity (Wildman–Crippen MR) is 80.6 cm³/mol. The molecule has 0 fully saturated rings. The maximum atomic E-state index is 14.2. The Kier molecular flexibility index (Phi) is 4.39. The van der Waals surface area contributed by atoms with E-state index in [1.54, 1.807) is 6.07 Å². The minimum atomic E-state index is -0.555.